The van der Waals surface area contributed by atoms with E-state index in [1.165, 1.54) is 0 Å². The topological polar surface area (TPSA) is 66.5 Å². The third kappa shape index (κ3) is 4.83. The monoisotopic (exact) mass is 514 g/mol. The number of hydrogen-bond acceptors (Lipinski definition) is 3. The molecule has 1 heterocycles. The standard InChI is InChI=1S/C29H23ClN2O3S/c1-19-9-11-20(12-10-19)17-31-28(33)22-13-14-27-25(16-22)32(18-21-5-4-6-23(30)15-21)29(34)24-7-2-3-8-26(24)36(27)35/h2-16H,17-18H2,1H3,(H,31,33). The van der Waals surface area contributed by atoms with Crippen molar-refractivity contribution >= 4 is 39.9 Å². The minimum absolute atomic E-state index is 0.215. The van der Waals surface area contributed by atoms with Gasteiger partial charge in [-0.2, -0.15) is 0 Å². The van der Waals surface area contributed by atoms with Crippen LogP contribution in [-0.2, 0) is 23.9 Å². The van der Waals surface area contributed by atoms with Crippen LogP contribution in [-0.4, -0.2) is 16.0 Å². The summed E-state index contributed by atoms with van der Waals surface area (Å²) in [5, 5.41) is 3.49. The van der Waals surface area contributed by atoms with Gasteiger partial charge < -0.3 is 10.2 Å². The van der Waals surface area contributed by atoms with E-state index in [1.54, 1.807) is 59.5 Å². The zero-order valence-corrected chi connectivity index (χ0v) is 21.1. The molecule has 4 aromatic rings. The highest BCUT2D eigenvalue weighted by molar-refractivity contribution is 7.85. The van der Waals surface area contributed by atoms with Gasteiger partial charge in [0, 0.05) is 17.1 Å². The van der Waals surface area contributed by atoms with Crippen LogP contribution in [0.3, 0.4) is 0 Å². The first-order chi connectivity index (χ1) is 17.4. The lowest BCUT2D eigenvalue weighted by molar-refractivity contribution is 0.0947. The van der Waals surface area contributed by atoms with E-state index in [2.05, 4.69) is 5.32 Å². The van der Waals surface area contributed by atoms with E-state index >= 15 is 0 Å². The Hall–Kier alpha value is -3.74. The number of rotatable bonds is 5. The highest BCUT2D eigenvalue weighted by Gasteiger charge is 2.31. The van der Waals surface area contributed by atoms with Gasteiger partial charge in [-0.1, -0.05) is 65.7 Å². The van der Waals surface area contributed by atoms with Crippen LogP contribution in [0.5, 0.6) is 0 Å². The molecule has 1 atom stereocenters. The molecular formula is C29H23ClN2O3S. The van der Waals surface area contributed by atoms with E-state index in [1.807, 2.05) is 43.3 Å². The molecule has 2 amide bonds. The minimum atomic E-state index is -1.59. The van der Waals surface area contributed by atoms with E-state index < -0.39 is 10.8 Å². The molecule has 0 radical (unpaired) electrons. The molecule has 1 aliphatic heterocycles. The molecule has 0 spiro atoms. The summed E-state index contributed by atoms with van der Waals surface area (Å²) in [6.07, 6.45) is 0. The van der Waals surface area contributed by atoms with Crippen molar-refractivity contribution < 1.29 is 13.8 Å². The van der Waals surface area contributed by atoms with Crippen molar-refractivity contribution in [1.29, 1.82) is 0 Å². The summed E-state index contributed by atoms with van der Waals surface area (Å²) in [5.41, 5.74) is 4.15. The number of halogens is 1. The molecule has 0 aliphatic carbocycles. The second-order valence-electron chi connectivity index (χ2n) is 8.64. The van der Waals surface area contributed by atoms with Gasteiger partial charge in [0.2, 0.25) is 0 Å². The summed E-state index contributed by atoms with van der Waals surface area (Å²) in [4.78, 5) is 29.3. The number of aryl methyl sites for hydroxylation is 1. The first kappa shape index (κ1) is 24.0. The average molecular weight is 515 g/mol. The zero-order valence-electron chi connectivity index (χ0n) is 19.5. The zero-order chi connectivity index (χ0) is 25.2. The van der Waals surface area contributed by atoms with Gasteiger partial charge >= 0.3 is 0 Å². The van der Waals surface area contributed by atoms with Crippen LogP contribution < -0.4 is 10.2 Å². The van der Waals surface area contributed by atoms with Gasteiger partial charge in [-0.15, -0.1) is 0 Å². The molecule has 7 heteroatoms. The molecule has 0 bridgehead atoms. The number of amides is 2. The van der Waals surface area contributed by atoms with Crippen molar-refractivity contribution in [3.63, 3.8) is 0 Å². The second kappa shape index (κ2) is 10.1. The van der Waals surface area contributed by atoms with Crippen LogP contribution >= 0.6 is 11.6 Å². The average Bonchev–Trinajstić information content (AvgIpc) is 2.97. The van der Waals surface area contributed by atoms with Crippen LogP contribution in [0.2, 0.25) is 5.02 Å². The maximum atomic E-state index is 13.7. The van der Waals surface area contributed by atoms with E-state index in [9.17, 15) is 13.8 Å². The summed E-state index contributed by atoms with van der Waals surface area (Å²) in [5.74, 6) is -0.559. The summed E-state index contributed by atoms with van der Waals surface area (Å²) in [6, 6.07) is 27.1. The van der Waals surface area contributed by atoms with E-state index in [0.29, 0.717) is 38.2 Å². The smallest absolute Gasteiger partial charge is 0.259 e. The highest BCUT2D eigenvalue weighted by Crippen LogP contribution is 2.36. The fourth-order valence-electron chi connectivity index (χ4n) is 4.17. The Morgan fingerprint density at radius 2 is 1.67 bits per heavy atom. The predicted octanol–water partition coefficient (Wildman–Crippen LogP) is 5.91. The fraction of sp³-hybridized carbons (Fsp3) is 0.103. The van der Waals surface area contributed by atoms with Crippen LogP contribution in [0.25, 0.3) is 0 Å². The Balaban J connectivity index is 1.53. The van der Waals surface area contributed by atoms with Crippen LogP contribution in [0, 0.1) is 6.92 Å². The Morgan fingerprint density at radius 1 is 0.889 bits per heavy atom. The SMILES string of the molecule is Cc1ccc(CNC(=O)c2ccc3c(c2)N(Cc2cccc(Cl)c2)C(=O)c2ccccc2S3=O)cc1. The van der Waals surface area contributed by atoms with Gasteiger partial charge in [-0.25, -0.2) is 4.21 Å². The van der Waals surface area contributed by atoms with Gasteiger partial charge in [-0.05, 0) is 60.5 Å². The summed E-state index contributed by atoms with van der Waals surface area (Å²) < 4.78 is 13.6. The molecule has 0 fully saturated rings. The lowest BCUT2D eigenvalue weighted by Gasteiger charge is -2.24. The quantitative estimate of drug-likeness (QED) is 0.360. The Bertz CT molecular complexity index is 1500. The Kier molecular flexibility index (Phi) is 6.72. The lowest BCUT2D eigenvalue weighted by Crippen LogP contribution is -2.31. The summed E-state index contributed by atoms with van der Waals surface area (Å²) in [7, 11) is -1.59. The molecule has 0 saturated carbocycles. The molecule has 1 unspecified atom stereocenters. The van der Waals surface area contributed by atoms with Gasteiger partial charge in [-0.3, -0.25) is 9.59 Å². The molecule has 1 N–H and O–H groups in total. The number of nitrogens with zero attached hydrogens (tertiary/aromatic N) is 1. The Morgan fingerprint density at radius 3 is 2.44 bits per heavy atom. The molecule has 5 rings (SSSR count). The van der Waals surface area contributed by atoms with Gasteiger partial charge in [0.05, 0.1) is 38.4 Å². The van der Waals surface area contributed by atoms with Crippen LogP contribution in [0.15, 0.2) is 101 Å². The van der Waals surface area contributed by atoms with Gasteiger partial charge in [0.1, 0.15) is 0 Å². The lowest BCUT2D eigenvalue weighted by atomic mass is 10.1. The van der Waals surface area contributed by atoms with Crippen molar-refractivity contribution in [1.82, 2.24) is 5.32 Å². The van der Waals surface area contributed by atoms with Gasteiger partial charge in [0.25, 0.3) is 11.8 Å². The molecule has 180 valence electrons. The van der Waals surface area contributed by atoms with Crippen molar-refractivity contribution in [3.8, 4) is 0 Å². The van der Waals surface area contributed by atoms with Crippen molar-refractivity contribution in [2.45, 2.75) is 29.8 Å². The molecule has 5 nitrogen and oxygen atoms in total. The van der Waals surface area contributed by atoms with Crippen LogP contribution in [0.1, 0.15) is 37.4 Å². The van der Waals surface area contributed by atoms with Gasteiger partial charge in [0.15, 0.2) is 0 Å². The highest BCUT2D eigenvalue weighted by atomic mass is 35.5. The first-order valence-corrected chi connectivity index (χ1v) is 13.0. The minimum Gasteiger partial charge on any atom is -0.348 e. The Labute approximate surface area is 217 Å². The van der Waals surface area contributed by atoms with Crippen molar-refractivity contribution in [2.24, 2.45) is 0 Å². The normalized spacial score (nSPS) is 14.6. The number of hydrogen-bond donors (Lipinski definition) is 1. The largest absolute Gasteiger partial charge is 0.348 e. The maximum Gasteiger partial charge on any atom is 0.259 e. The van der Waals surface area contributed by atoms with E-state index in [4.69, 9.17) is 11.6 Å². The summed E-state index contributed by atoms with van der Waals surface area (Å²) >= 11 is 6.19. The van der Waals surface area contributed by atoms with E-state index in [0.717, 1.165) is 16.7 Å². The van der Waals surface area contributed by atoms with Crippen molar-refractivity contribution in [3.05, 3.63) is 124 Å². The number of fused-ring (bicyclic) bond motifs is 2. The van der Waals surface area contributed by atoms with E-state index in [-0.39, 0.29) is 18.4 Å². The predicted molar refractivity (Wildman–Crippen MR) is 142 cm³/mol. The molecule has 1 aliphatic rings. The maximum absolute atomic E-state index is 13.7. The molecule has 0 saturated heterocycles. The number of benzene rings is 4. The number of anilines is 1. The number of nitrogens with one attached hydrogen (secondary N) is 1. The number of carbonyl (C=O) groups is 2. The fourth-order valence-corrected chi connectivity index (χ4v) is 5.73. The molecule has 4 aromatic carbocycles. The molecule has 0 aromatic heterocycles. The van der Waals surface area contributed by atoms with Crippen LogP contribution in [0.4, 0.5) is 5.69 Å². The summed E-state index contributed by atoms with van der Waals surface area (Å²) in [6.45, 7) is 2.60. The first-order valence-electron chi connectivity index (χ1n) is 11.5. The third-order valence-electron chi connectivity index (χ3n) is 6.08. The number of carbonyl (C=O) groups excluding carboxylic acids is 2. The molecular weight excluding hydrogens is 492 g/mol. The second-order valence-corrected chi connectivity index (χ2v) is 10.5. The van der Waals surface area contributed by atoms with Crippen molar-refractivity contribution in [2.75, 3.05) is 4.90 Å². The molecule has 36 heavy (non-hydrogen) atoms. The third-order valence-corrected chi connectivity index (χ3v) is 7.81.